The van der Waals surface area contributed by atoms with Crippen molar-refractivity contribution in [2.45, 2.75) is 20.8 Å². The molecule has 4 rings (SSSR count). The summed E-state index contributed by atoms with van der Waals surface area (Å²) in [6, 6.07) is 22.0. The molecule has 6 nitrogen and oxygen atoms in total. The van der Waals surface area contributed by atoms with Crippen LogP contribution in [-0.2, 0) is 0 Å². The molecule has 0 saturated heterocycles. The van der Waals surface area contributed by atoms with E-state index in [1.165, 1.54) is 0 Å². The minimum absolute atomic E-state index is 0.482. The Morgan fingerprint density at radius 2 is 0.667 bits per heavy atom. The summed E-state index contributed by atoms with van der Waals surface area (Å²) in [7, 11) is 0. The monoisotopic (exact) mass is 561 g/mol. The van der Waals surface area contributed by atoms with Crippen molar-refractivity contribution in [3.05, 3.63) is 89.5 Å². The lowest BCUT2D eigenvalue weighted by Crippen LogP contribution is -1.95. The van der Waals surface area contributed by atoms with Crippen LogP contribution in [0.5, 0.6) is 17.2 Å². The van der Waals surface area contributed by atoms with Gasteiger partial charge in [-0.25, -0.2) is 0 Å². The standard InChI is InChI=1S/C21H21Cl3N3O3P3/c1-16-4-10-19(11-5-16)28-31(22)25-32(23,29-20-12-6-17(2)7-13-20)27-33(24,26-31)30-21-14-8-18(3)9-15-21/h4-15H,1-3H3. The molecule has 0 saturated carbocycles. The summed E-state index contributed by atoms with van der Waals surface area (Å²) in [5.74, 6) is 1.45. The highest BCUT2D eigenvalue weighted by atomic mass is 35.7. The molecular formula is C21H21Cl3N3O3P3. The highest BCUT2D eigenvalue weighted by Gasteiger charge is 2.40. The number of hydrogen-bond acceptors (Lipinski definition) is 6. The molecule has 33 heavy (non-hydrogen) atoms. The molecule has 3 aromatic rings. The van der Waals surface area contributed by atoms with Crippen LogP contribution >= 0.6 is 54.1 Å². The van der Waals surface area contributed by atoms with Crippen LogP contribution in [0.25, 0.3) is 0 Å². The van der Waals surface area contributed by atoms with E-state index >= 15 is 0 Å². The molecular weight excluding hydrogens is 542 g/mol. The summed E-state index contributed by atoms with van der Waals surface area (Å²) in [6.07, 6.45) is 0. The highest BCUT2D eigenvalue weighted by Crippen LogP contribution is 2.83. The van der Waals surface area contributed by atoms with Gasteiger partial charge < -0.3 is 13.6 Å². The normalized spacial score (nSPS) is 26.4. The number of nitrogens with zero attached hydrogens (tertiary/aromatic N) is 3. The average molecular weight is 563 g/mol. The third-order valence-electron chi connectivity index (χ3n) is 4.39. The van der Waals surface area contributed by atoms with Crippen LogP contribution in [0, 0.1) is 20.8 Å². The van der Waals surface area contributed by atoms with Crippen molar-refractivity contribution in [3.63, 3.8) is 0 Å². The Bertz CT molecular complexity index is 1150. The van der Waals surface area contributed by atoms with Crippen molar-refractivity contribution >= 4 is 54.1 Å². The smallest absolute Gasteiger partial charge is 0.354 e. The summed E-state index contributed by atoms with van der Waals surface area (Å²) in [5.41, 5.74) is 3.21. The van der Waals surface area contributed by atoms with Crippen LogP contribution in [-0.4, -0.2) is 0 Å². The first-order valence-electron chi connectivity index (χ1n) is 9.83. The van der Waals surface area contributed by atoms with Crippen LogP contribution in [0.2, 0.25) is 0 Å². The van der Waals surface area contributed by atoms with E-state index in [0.717, 1.165) is 16.7 Å². The number of aryl methyl sites for hydroxylation is 3. The third-order valence-corrected chi connectivity index (χ3v) is 15.3. The van der Waals surface area contributed by atoms with E-state index in [1.54, 1.807) is 36.4 Å². The minimum Gasteiger partial charge on any atom is -0.431 e. The number of benzene rings is 3. The maximum Gasteiger partial charge on any atom is 0.354 e. The Labute approximate surface area is 208 Å². The van der Waals surface area contributed by atoms with E-state index in [4.69, 9.17) is 47.3 Å². The zero-order valence-electron chi connectivity index (χ0n) is 18.0. The predicted octanol–water partition coefficient (Wildman–Crippen LogP) is 10.7. The molecule has 0 aromatic heterocycles. The van der Waals surface area contributed by atoms with E-state index in [1.807, 2.05) is 57.2 Å². The highest BCUT2D eigenvalue weighted by molar-refractivity contribution is 8.05. The summed E-state index contributed by atoms with van der Waals surface area (Å²) < 4.78 is 31.4. The zero-order valence-corrected chi connectivity index (χ0v) is 22.9. The van der Waals surface area contributed by atoms with Gasteiger partial charge in [-0.15, -0.1) is 13.5 Å². The first-order valence-corrected chi connectivity index (χ1v) is 17.4. The number of rotatable bonds is 6. The quantitative estimate of drug-likeness (QED) is 0.281. The Hall–Kier alpha value is -1.38. The molecule has 0 N–H and O–H groups in total. The first-order chi connectivity index (χ1) is 15.5. The fourth-order valence-electron chi connectivity index (χ4n) is 2.77. The van der Waals surface area contributed by atoms with Crippen molar-refractivity contribution in [1.29, 1.82) is 0 Å². The molecule has 3 aromatic carbocycles. The number of halogens is 3. The lowest BCUT2D eigenvalue weighted by Gasteiger charge is -2.27. The van der Waals surface area contributed by atoms with Gasteiger partial charge >= 0.3 is 20.4 Å². The molecule has 0 unspecified atom stereocenters. The molecule has 0 aliphatic carbocycles. The maximum absolute atomic E-state index is 6.82. The van der Waals surface area contributed by atoms with Gasteiger partial charge in [0.15, 0.2) is 0 Å². The second-order valence-electron chi connectivity index (χ2n) is 7.40. The molecule has 0 radical (unpaired) electrons. The van der Waals surface area contributed by atoms with Gasteiger partial charge in [-0.05, 0) is 90.9 Å². The van der Waals surface area contributed by atoms with Crippen molar-refractivity contribution in [2.75, 3.05) is 0 Å². The van der Waals surface area contributed by atoms with Gasteiger partial charge in [-0.2, -0.15) is 0 Å². The molecule has 1 aliphatic heterocycles. The molecule has 0 amide bonds. The maximum atomic E-state index is 6.82. The molecule has 1 heterocycles. The second kappa shape index (κ2) is 9.70. The molecule has 0 fully saturated rings. The Kier molecular flexibility index (Phi) is 7.27. The van der Waals surface area contributed by atoms with E-state index < -0.39 is 20.4 Å². The van der Waals surface area contributed by atoms with Crippen molar-refractivity contribution in [3.8, 4) is 17.2 Å². The second-order valence-corrected chi connectivity index (χ2v) is 16.9. The average Bonchev–Trinajstić information content (AvgIpc) is 2.72. The van der Waals surface area contributed by atoms with E-state index in [-0.39, 0.29) is 0 Å². The summed E-state index contributed by atoms with van der Waals surface area (Å²) in [5, 5.41) is 0. The van der Waals surface area contributed by atoms with Gasteiger partial charge in [0.1, 0.15) is 17.2 Å². The molecule has 0 spiro atoms. The van der Waals surface area contributed by atoms with Gasteiger partial charge in [0.05, 0.1) is 0 Å². The van der Waals surface area contributed by atoms with Gasteiger partial charge in [0, 0.05) is 0 Å². The minimum atomic E-state index is -3.42. The predicted molar refractivity (Wildman–Crippen MR) is 141 cm³/mol. The van der Waals surface area contributed by atoms with Gasteiger partial charge in [-0.1, -0.05) is 53.1 Å². The molecule has 1 aliphatic rings. The molecule has 0 bridgehead atoms. The van der Waals surface area contributed by atoms with Crippen molar-refractivity contribution in [2.24, 2.45) is 13.5 Å². The third kappa shape index (κ3) is 6.61. The van der Waals surface area contributed by atoms with E-state index in [9.17, 15) is 0 Å². The van der Waals surface area contributed by atoms with Gasteiger partial charge in [0.2, 0.25) is 0 Å². The largest absolute Gasteiger partial charge is 0.431 e. The Morgan fingerprint density at radius 3 is 0.879 bits per heavy atom. The topological polar surface area (TPSA) is 64.8 Å². The van der Waals surface area contributed by atoms with Crippen LogP contribution in [0.4, 0.5) is 0 Å². The van der Waals surface area contributed by atoms with Crippen LogP contribution in [0.1, 0.15) is 16.7 Å². The van der Waals surface area contributed by atoms with Crippen molar-refractivity contribution < 1.29 is 13.6 Å². The zero-order chi connectivity index (χ0) is 23.7. The lowest BCUT2D eigenvalue weighted by atomic mass is 10.2. The van der Waals surface area contributed by atoms with Gasteiger partial charge in [-0.3, -0.25) is 0 Å². The van der Waals surface area contributed by atoms with E-state index in [2.05, 4.69) is 13.5 Å². The summed E-state index contributed by atoms with van der Waals surface area (Å²) in [4.78, 5) is 0. The SMILES string of the molecule is Cc1ccc(OP2(Cl)=NP(Cl)(Oc3ccc(C)cc3)=NP(Cl)(Oc3ccc(C)cc3)=N2)cc1. The number of hydrogen-bond donors (Lipinski definition) is 0. The molecule has 12 heteroatoms. The Balaban J connectivity index is 1.78. The Morgan fingerprint density at radius 1 is 0.455 bits per heavy atom. The summed E-state index contributed by atoms with van der Waals surface area (Å²) >= 11 is 20.5. The van der Waals surface area contributed by atoms with Crippen LogP contribution in [0.15, 0.2) is 86.3 Å². The summed E-state index contributed by atoms with van der Waals surface area (Å²) in [6.45, 7) is -4.36. The van der Waals surface area contributed by atoms with E-state index in [0.29, 0.717) is 17.2 Å². The molecule has 0 atom stereocenters. The fourth-order valence-corrected chi connectivity index (χ4v) is 16.1. The first kappa shape index (κ1) is 24.7. The molecule has 174 valence electrons. The van der Waals surface area contributed by atoms with Crippen LogP contribution < -0.4 is 13.6 Å². The van der Waals surface area contributed by atoms with Gasteiger partial charge in [0.25, 0.3) is 0 Å². The lowest BCUT2D eigenvalue weighted by molar-refractivity contribution is 0.596. The van der Waals surface area contributed by atoms with Crippen LogP contribution in [0.3, 0.4) is 0 Å². The van der Waals surface area contributed by atoms with Crippen molar-refractivity contribution in [1.82, 2.24) is 0 Å². The fraction of sp³-hybridized carbons (Fsp3) is 0.143.